The van der Waals surface area contributed by atoms with Crippen LogP contribution in [0.25, 0.3) is 0 Å². The molecule has 0 bridgehead atoms. The van der Waals surface area contributed by atoms with Crippen LogP contribution in [-0.4, -0.2) is 23.4 Å². The van der Waals surface area contributed by atoms with Crippen molar-refractivity contribution in [3.63, 3.8) is 0 Å². The summed E-state index contributed by atoms with van der Waals surface area (Å²) in [4.78, 5) is 38.2. The maximum Gasteiger partial charge on any atom is 0.242 e. The summed E-state index contributed by atoms with van der Waals surface area (Å²) in [7, 11) is 0. The van der Waals surface area contributed by atoms with E-state index in [2.05, 4.69) is 10.5 Å². The topological polar surface area (TPSA) is 78.8 Å². The van der Waals surface area contributed by atoms with E-state index in [0.29, 0.717) is 11.4 Å². The van der Waals surface area contributed by atoms with E-state index in [4.69, 9.17) is 0 Å². The smallest absolute Gasteiger partial charge is 0.242 e. The predicted octanol–water partition coefficient (Wildman–Crippen LogP) is 2.86. The fourth-order valence-corrected chi connectivity index (χ4v) is 3.60. The molecule has 0 aromatic heterocycles. The van der Waals surface area contributed by atoms with Gasteiger partial charge in [0.15, 0.2) is 0 Å². The fraction of sp³-hybridized carbons (Fsp3) is 0.500. The molecular weight excluding hydrogens is 330 g/mol. The van der Waals surface area contributed by atoms with Gasteiger partial charge in [-0.3, -0.25) is 19.3 Å². The highest BCUT2D eigenvalue weighted by Gasteiger charge is 2.48. The number of carbonyl (C=O) groups is 3. The van der Waals surface area contributed by atoms with Gasteiger partial charge in [0.1, 0.15) is 0 Å². The highest BCUT2D eigenvalue weighted by molar-refractivity contribution is 6.22. The number of nitrogens with zero attached hydrogens (tertiary/aromatic N) is 2. The average molecular weight is 355 g/mol. The molecule has 2 fully saturated rings. The lowest BCUT2D eigenvalue weighted by atomic mass is 9.81. The lowest BCUT2D eigenvalue weighted by Gasteiger charge is -2.19. The Labute approximate surface area is 153 Å². The van der Waals surface area contributed by atoms with Gasteiger partial charge in [-0.05, 0) is 37.5 Å². The van der Waals surface area contributed by atoms with Gasteiger partial charge in [-0.1, -0.05) is 38.8 Å². The summed E-state index contributed by atoms with van der Waals surface area (Å²) in [6.45, 7) is 5.41. The Morgan fingerprint density at radius 3 is 2.12 bits per heavy atom. The lowest BCUT2D eigenvalue weighted by molar-refractivity contribution is -0.124. The highest BCUT2D eigenvalue weighted by atomic mass is 16.2. The molecule has 1 aliphatic carbocycles. The molecule has 1 heterocycles. The molecular formula is C20H25N3O3. The molecule has 3 rings (SSSR count). The van der Waals surface area contributed by atoms with Crippen molar-refractivity contribution in [3.05, 3.63) is 29.8 Å². The number of hydrazone groups is 1. The van der Waals surface area contributed by atoms with Crippen molar-refractivity contribution < 1.29 is 14.4 Å². The van der Waals surface area contributed by atoms with Crippen molar-refractivity contribution in [1.29, 1.82) is 0 Å². The zero-order valence-electron chi connectivity index (χ0n) is 15.5. The molecule has 1 N–H and O–H groups in total. The summed E-state index contributed by atoms with van der Waals surface area (Å²) >= 11 is 0. The molecule has 1 aliphatic heterocycles. The fourth-order valence-electron chi connectivity index (χ4n) is 3.60. The zero-order chi connectivity index (χ0) is 18.8. The van der Waals surface area contributed by atoms with Crippen molar-refractivity contribution in [3.8, 4) is 0 Å². The second kappa shape index (κ2) is 7.40. The summed E-state index contributed by atoms with van der Waals surface area (Å²) in [5.74, 6) is -0.707. The standard InChI is InChI=1S/C20H25N3O3/c1-12(2)18(24)22-21-13(3)14-8-10-15(11-9-14)23-19(25)16-6-4-5-7-17(16)20(23)26/h8-12,16-17H,4-7H2,1-3H3,(H,22,24)/b21-13-/t16-,17+. The van der Waals surface area contributed by atoms with Crippen molar-refractivity contribution in [1.82, 2.24) is 5.43 Å². The van der Waals surface area contributed by atoms with Crippen LogP contribution in [0.15, 0.2) is 29.4 Å². The number of amides is 3. The number of anilines is 1. The van der Waals surface area contributed by atoms with Gasteiger partial charge in [-0.2, -0.15) is 5.10 Å². The van der Waals surface area contributed by atoms with Crippen LogP contribution in [0.3, 0.4) is 0 Å². The highest BCUT2D eigenvalue weighted by Crippen LogP contribution is 2.40. The number of fused-ring (bicyclic) bond motifs is 1. The van der Waals surface area contributed by atoms with E-state index < -0.39 is 0 Å². The third kappa shape index (κ3) is 3.41. The molecule has 6 heteroatoms. The van der Waals surface area contributed by atoms with Crippen molar-refractivity contribution in [2.45, 2.75) is 46.5 Å². The Kier molecular flexibility index (Phi) is 5.20. The lowest BCUT2D eigenvalue weighted by Crippen LogP contribution is -2.30. The first-order chi connectivity index (χ1) is 12.4. The van der Waals surface area contributed by atoms with Crippen molar-refractivity contribution >= 4 is 29.1 Å². The van der Waals surface area contributed by atoms with Gasteiger partial charge >= 0.3 is 0 Å². The molecule has 1 aromatic rings. The molecule has 1 aromatic carbocycles. The molecule has 0 radical (unpaired) electrons. The molecule has 2 atom stereocenters. The minimum absolute atomic E-state index is 0.0676. The average Bonchev–Trinajstić information content (AvgIpc) is 2.90. The molecule has 0 unspecified atom stereocenters. The number of imide groups is 1. The Hall–Kier alpha value is -2.50. The first kappa shape index (κ1) is 18.3. The SMILES string of the molecule is C/C(=N/NC(=O)C(C)C)c1ccc(N2C(=O)[C@H]3CCCC[C@H]3C2=O)cc1. The van der Waals surface area contributed by atoms with Gasteiger partial charge in [0.25, 0.3) is 0 Å². The van der Waals surface area contributed by atoms with Gasteiger partial charge in [0.05, 0.1) is 23.2 Å². The second-order valence-corrected chi connectivity index (χ2v) is 7.38. The number of carbonyl (C=O) groups excluding carboxylic acids is 3. The van der Waals surface area contributed by atoms with Gasteiger partial charge < -0.3 is 0 Å². The quantitative estimate of drug-likeness (QED) is 0.512. The van der Waals surface area contributed by atoms with Crippen LogP contribution < -0.4 is 10.3 Å². The van der Waals surface area contributed by atoms with E-state index in [1.807, 2.05) is 12.1 Å². The van der Waals surface area contributed by atoms with Crippen LogP contribution in [0.5, 0.6) is 0 Å². The Morgan fingerprint density at radius 1 is 1.08 bits per heavy atom. The van der Waals surface area contributed by atoms with E-state index in [9.17, 15) is 14.4 Å². The summed E-state index contributed by atoms with van der Waals surface area (Å²) in [5.41, 5.74) is 4.63. The van der Waals surface area contributed by atoms with Gasteiger partial charge in [0, 0.05) is 5.92 Å². The monoisotopic (exact) mass is 355 g/mol. The number of nitrogens with one attached hydrogen (secondary N) is 1. The molecule has 138 valence electrons. The van der Waals surface area contributed by atoms with Crippen molar-refractivity contribution in [2.75, 3.05) is 4.90 Å². The minimum Gasteiger partial charge on any atom is -0.274 e. The summed E-state index contributed by atoms with van der Waals surface area (Å²) in [6.07, 6.45) is 3.66. The first-order valence-electron chi connectivity index (χ1n) is 9.22. The van der Waals surface area contributed by atoms with Crippen LogP contribution in [0.4, 0.5) is 5.69 Å². The van der Waals surface area contributed by atoms with Gasteiger partial charge in [-0.15, -0.1) is 0 Å². The molecule has 26 heavy (non-hydrogen) atoms. The minimum atomic E-state index is -0.148. The third-order valence-electron chi connectivity index (χ3n) is 5.24. The van der Waals surface area contributed by atoms with Crippen LogP contribution in [-0.2, 0) is 14.4 Å². The van der Waals surface area contributed by atoms with E-state index in [0.717, 1.165) is 31.2 Å². The molecule has 3 amide bonds. The van der Waals surface area contributed by atoms with Crippen molar-refractivity contribution in [2.24, 2.45) is 22.9 Å². The van der Waals surface area contributed by atoms with E-state index in [1.165, 1.54) is 4.90 Å². The third-order valence-corrected chi connectivity index (χ3v) is 5.24. The molecule has 1 saturated heterocycles. The predicted molar refractivity (Wildman–Crippen MR) is 99.6 cm³/mol. The maximum absolute atomic E-state index is 12.6. The summed E-state index contributed by atoms with van der Waals surface area (Å²) < 4.78 is 0. The van der Waals surface area contributed by atoms with Crippen LogP contribution >= 0.6 is 0 Å². The molecule has 6 nitrogen and oxygen atoms in total. The maximum atomic E-state index is 12.6. The number of rotatable bonds is 4. The van der Waals surface area contributed by atoms with Gasteiger partial charge in [-0.25, -0.2) is 5.43 Å². The largest absolute Gasteiger partial charge is 0.274 e. The number of hydrogen-bond donors (Lipinski definition) is 1. The summed E-state index contributed by atoms with van der Waals surface area (Å²) in [5, 5.41) is 4.10. The number of benzene rings is 1. The molecule has 2 aliphatic rings. The van der Waals surface area contributed by atoms with E-state index in [-0.39, 0.29) is 35.5 Å². The number of hydrogen-bond acceptors (Lipinski definition) is 4. The van der Waals surface area contributed by atoms with E-state index in [1.54, 1.807) is 32.9 Å². The molecule has 0 spiro atoms. The Morgan fingerprint density at radius 2 is 1.62 bits per heavy atom. The zero-order valence-corrected chi connectivity index (χ0v) is 15.5. The van der Waals surface area contributed by atoms with Crippen LogP contribution in [0, 0.1) is 17.8 Å². The Balaban J connectivity index is 1.75. The normalized spacial score (nSPS) is 23.4. The van der Waals surface area contributed by atoms with Gasteiger partial charge in [0.2, 0.25) is 17.7 Å². The first-order valence-corrected chi connectivity index (χ1v) is 9.22. The van der Waals surface area contributed by atoms with Crippen LogP contribution in [0.1, 0.15) is 52.0 Å². The second-order valence-electron chi connectivity index (χ2n) is 7.38. The Bertz CT molecular complexity index is 728. The van der Waals surface area contributed by atoms with E-state index >= 15 is 0 Å². The van der Waals surface area contributed by atoms with Crippen LogP contribution in [0.2, 0.25) is 0 Å². The molecule has 1 saturated carbocycles. The summed E-state index contributed by atoms with van der Waals surface area (Å²) in [6, 6.07) is 7.17.